The van der Waals surface area contributed by atoms with Crippen LogP contribution in [0.2, 0.25) is 0 Å². The van der Waals surface area contributed by atoms with Crippen LogP contribution in [0.15, 0.2) is 24.5 Å². The summed E-state index contributed by atoms with van der Waals surface area (Å²) in [6.07, 6.45) is 7.19. The smallest absolute Gasteiger partial charge is 0.196 e. The molecule has 2 rings (SSSR count). The number of carbonyl (C=O) groups is 1. The lowest BCUT2D eigenvalue weighted by Crippen LogP contribution is -2.44. The zero-order valence-electron chi connectivity index (χ0n) is 10.5. The molecule has 0 saturated heterocycles. The summed E-state index contributed by atoms with van der Waals surface area (Å²) in [5, 5.41) is 0. The zero-order chi connectivity index (χ0) is 12.3. The van der Waals surface area contributed by atoms with Crippen LogP contribution in [0.1, 0.15) is 43.0 Å². The molecular weight excluding hydrogens is 214 g/mol. The number of ether oxygens (including phenoxy) is 1. The topological polar surface area (TPSA) is 39.2 Å². The number of methoxy groups -OCH3 is 1. The monoisotopic (exact) mass is 233 g/mol. The molecule has 0 N–H and O–H groups in total. The molecule has 1 saturated carbocycles. The number of ketones is 1. The fourth-order valence-corrected chi connectivity index (χ4v) is 2.75. The molecule has 2 atom stereocenters. The first-order valence-electron chi connectivity index (χ1n) is 6.18. The molecular formula is C14H19NO2. The second-order valence-electron chi connectivity index (χ2n) is 4.97. The number of hydrogen-bond donors (Lipinski definition) is 0. The predicted octanol–water partition coefficient (Wildman–Crippen LogP) is 2.86. The van der Waals surface area contributed by atoms with Gasteiger partial charge in [-0.2, -0.15) is 0 Å². The van der Waals surface area contributed by atoms with E-state index in [9.17, 15) is 4.79 Å². The Hall–Kier alpha value is -1.22. The van der Waals surface area contributed by atoms with E-state index in [2.05, 4.69) is 11.9 Å². The van der Waals surface area contributed by atoms with Crippen LogP contribution in [0, 0.1) is 5.92 Å². The SMILES string of the molecule is COC1(C(=O)c2cccnc2)CCCC(C)C1. The van der Waals surface area contributed by atoms with Gasteiger partial charge < -0.3 is 4.74 Å². The van der Waals surface area contributed by atoms with Gasteiger partial charge in [0.05, 0.1) is 0 Å². The van der Waals surface area contributed by atoms with Crippen LogP contribution in [-0.4, -0.2) is 23.5 Å². The van der Waals surface area contributed by atoms with E-state index in [0.29, 0.717) is 11.5 Å². The minimum atomic E-state index is -0.624. The summed E-state index contributed by atoms with van der Waals surface area (Å²) in [6.45, 7) is 2.18. The summed E-state index contributed by atoms with van der Waals surface area (Å²) in [6, 6.07) is 3.61. The van der Waals surface area contributed by atoms with Crippen LogP contribution in [0.4, 0.5) is 0 Å². The van der Waals surface area contributed by atoms with Crippen molar-refractivity contribution in [3.8, 4) is 0 Å². The molecule has 0 aromatic carbocycles. The molecule has 1 heterocycles. The van der Waals surface area contributed by atoms with Crippen molar-refractivity contribution in [3.63, 3.8) is 0 Å². The van der Waals surface area contributed by atoms with E-state index in [1.54, 1.807) is 25.6 Å². The van der Waals surface area contributed by atoms with Crippen molar-refractivity contribution < 1.29 is 9.53 Å². The van der Waals surface area contributed by atoms with Gasteiger partial charge in [0, 0.05) is 25.1 Å². The van der Waals surface area contributed by atoms with Gasteiger partial charge >= 0.3 is 0 Å². The highest BCUT2D eigenvalue weighted by atomic mass is 16.5. The van der Waals surface area contributed by atoms with Gasteiger partial charge in [-0.1, -0.05) is 13.3 Å². The predicted molar refractivity (Wildman–Crippen MR) is 65.9 cm³/mol. The van der Waals surface area contributed by atoms with Gasteiger partial charge in [0.2, 0.25) is 0 Å². The minimum absolute atomic E-state index is 0.0830. The van der Waals surface area contributed by atoms with Gasteiger partial charge in [-0.15, -0.1) is 0 Å². The maximum atomic E-state index is 12.5. The lowest BCUT2D eigenvalue weighted by atomic mass is 9.75. The quantitative estimate of drug-likeness (QED) is 0.753. The van der Waals surface area contributed by atoms with Gasteiger partial charge in [0.15, 0.2) is 5.78 Å². The summed E-state index contributed by atoms with van der Waals surface area (Å²) in [4.78, 5) is 16.5. The zero-order valence-corrected chi connectivity index (χ0v) is 10.5. The summed E-state index contributed by atoms with van der Waals surface area (Å²) < 4.78 is 5.59. The van der Waals surface area contributed by atoms with Gasteiger partial charge in [-0.25, -0.2) is 0 Å². The van der Waals surface area contributed by atoms with Crippen LogP contribution in [0.25, 0.3) is 0 Å². The van der Waals surface area contributed by atoms with Crippen molar-refractivity contribution in [1.29, 1.82) is 0 Å². The lowest BCUT2D eigenvalue weighted by molar-refractivity contribution is -0.0302. The van der Waals surface area contributed by atoms with E-state index in [1.807, 2.05) is 6.07 Å². The number of hydrogen-bond acceptors (Lipinski definition) is 3. The summed E-state index contributed by atoms with van der Waals surface area (Å²) >= 11 is 0. The van der Waals surface area contributed by atoms with Crippen molar-refractivity contribution in [2.45, 2.75) is 38.2 Å². The minimum Gasteiger partial charge on any atom is -0.370 e. The molecule has 0 aliphatic heterocycles. The maximum absolute atomic E-state index is 12.5. The summed E-state index contributed by atoms with van der Waals surface area (Å²) in [7, 11) is 1.65. The number of carbonyl (C=O) groups excluding carboxylic acids is 1. The molecule has 1 aliphatic carbocycles. The Kier molecular flexibility index (Phi) is 3.57. The largest absolute Gasteiger partial charge is 0.370 e. The molecule has 92 valence electrons. The second kappa shape index (κ2) is 4.96. The molecule has 17 heavy (non-hydrogen) atoms. The molecule has 1 aromatic rings. The molecule has 0 amide bonds. The highest BCUT2D eigenvalue weighted by Crippen LogP contribution is 2.37. The van der Waals surface area contributed by atoms with Crippen LogP contribution in [0.5, 0.6) is 0 Å². The van der Waals surface area contributed by atoms with E-state index < -0.39 is 5.60 Å². The Labute approximate surface area is 102 Å². The van der Waals surface area contributed by atoms with Gasteiger partial charge in [-0.3, -0.25) is 9.78 Å². The third kappa shape index (κ3) is 2.39. The maximum Gasteiger partial charge on any atom is 0.196 e. The average molecular weight is 233 g/mol. The molecule has 0 bridgehead atoms. The molecule has 3 heteroatoms. The Morgan fingerprint density at radius 1 is 1.59 bits per heavy atom. The third-order valence-electron chi connectivity index (χ3n) is 3.68. The number of aromatic nitrogens is 1. The van der Waals surface area contributed by atoms with Crippen LogP contribution in [-0.2, 0) is 4.74 Å². The highest BCUT2D eigenvalue weighted by Gasteiger charge is 2.42. The summed E-state index contributed by atoms with van der Waals surface area (Å²) in [5.41, 5.74) is 0.0317. The summed E-state index contributed by atoms with van der Waals surface area (Å²) in [5.74, 6) is 0.629. The molecule has 1 fully saturated rings. The van der Waals surface area contributed by atoms with E-state index in [1.165, 1.54) is 6.42 Å². The van der Waals surface area contributed by atoms with Crippen LogP contribution >= 0.6 is 0 Å². The molecule has 0 radical (unpaired) electrons. The lowest BCUT2D eigenvalue weighted by Gasteiger charge is -2.37. The molecule has 1 aromatic heterocycles. The first-order chi connectivity index (χ1) is 8.18. The van der Waals surface area contributed by atoms with Gasteiger partial charge in [-0.05, 0) is 37.3 Å². The van der Waals surface area contributed by atoms with Crippen molar-refractivity contribution in [2.75, 3.05) is 7.11 Å². The van der Waals surface area contributed by atoms with Crippen molar-refractivity contribution >= 4 is 5.78 Å². The molecule has 1 aliphatic rings. The fourth-order valence-electron chi connectivity index (χ4n) is 2.75. The number of nitrogens with zero attached hydrogens (tertiary/aromatic N) is 1. The number of rotatable bonds is 3. The van der Waals surface area contributed by atoms with E-state index in [4.69, 9.17) is 4.74 Å². The third-order valence-corrected chi connectivity index (χ3v) is 3.68. The first-order valence-corrected chi connectivity index (χ1v) is 6.18. The van der Waals surface area contributed by atoms with Crippen molar-refractivity contribution in [3.05, 3.63) is 30.1 Å². The van der Waals surface area contributed by atoms with Crippen molar-refractivity contribution in [2.24, 2.45) is 5.92 Å². The van der Waals surface area contributed by atoms with Crippen molar-refractivity contribution in [1.82, 2.24) is 4.98 Å². The first kappa shape index (κ1) is 12.2. The standard InChI is InChI=1S/C14H19NO2/c1-11-5-3-7-14(9-11,17-2)13(16)12-6-4-8-15-10-12/h4,6,8,10-11H,3,5,7,9H2,1-2H3. The Morgan fingerprint density at radius 2 is 2.41 bits per heavy atom. The van der Waals surface area contributed by atoms with Crippen LogP contribution < -0.4 is 0 Å². The Balaban J connectivity index is 2.26. The fraction of sp³-hybridized carbons (Fsp3) is 0.571. The Morgan fingerprint density at radius 3 is 3.00 bits per heavy atom. The number of pyridine rings is 1. The van der Waals surface area contributed by atoms with E-state index in [-0.39, 0.29) is 5.78 Å². The van der Waals surface area contributed by atoms with E-state index in [0.717, 1.165) is 19.3 Å². The van der Waals surface area contributed by atoms with Gasteiger partial charge in [0.1, 0.15) is 5.60 Å². The average Bonchev–Trinajstić information content (AvgIpc) is 2.38. The number of Topliss-reactive ketones (excluding diaryl/α,β-unsaturated/α-hetero) is 1. The van der Waals surface area contributed by atoms with E-state index >= 15 is 0 Å². The van der Waals surface area contributed by atoms with Gasteiger partial charge in [0.25, 0.3) is 0 Å². The van der Waals surface area contributed by atoms with Crippen LogP contribution in [0.3, 0.4) is 0 Å². The molecule has 2 unspecified atom stereocenters. The highest BCUT2D eigenvalue weighted by molar-refractivity contribution is 6.02. The second-order valence-corrected chi connectivity index (χ2v) is 4.97. The Bertz CT molecular complexity index is 390. The molecule has 3 nitrogen and oxygen atoms in total. The molecule has 0 spiro atoms. The normalized spacial score (nSPS) is 28.9.